The number of hydrogen-bond acceptors (Lipinski definition) is 4. The van der Waals surface area contributed by atoms with Crippen LogP contribution in [0.5, 0.6) is 0 Å². The monoisotopic (exact) mass is 295 g/mol. The maximum absolute atomic E-state index is 11.3. The van der Waals surface area contributed by atoms with Crippen LogP contribution in [-0.4, -0.2) is 18.9 Å². The minimum Gasteiger partial charge on any atom is -0.466 e. The van der Waals surface area contributed by atoms with Crippen LogP contribution in [0.1, 0.15) is 28.4 Å². The molecule has 1 aromatic carbocycles. The molecule has 0 atom stereocenters. The molecule has 0 spiro atoms. The predicted octanol–water partition coefficient (Wildman–Crippen LogP) is 2.24. The van der Waals surface area contributed by atoms with Crippen LogP contribution >= 0.6 is 15.9 Å². The Balaban J connectivity index is 3.08. The zero-order valence-electron chi connectivity index (χ0n) is 9.20. The van der Waals surface area contributed by atoms with Crippen LogP contribution in [0.25, 0.3) is 0 Å². The molecule has 0 radical (unpaired) electrons. The minimum absolute atomic E-state index is 0.0717. The second-order valence-corrected chi connectivity index (χ2v) is 4.01. The van der Waals surface area contributed by atoms with Crippen molar-refractivity contribution in [2.75, 3.05) is 6.61 Å². The standard InChI is InChI=1S/C12H10BrNO3/c1-2-17-11(16)5-8-3-4-9(7-15)10(6-14)12(8)13/h3-4,7H,2,5H2,1H3. The van der Waals surface area contributed by atoms with Crippen molar-refractivity contribution in [3.8, 4) is 6.07 Å². The highest BCUT2D eigenvalue weighted by Gasteiger charge is 2.13. The van der Waals surface area contributed by atoms with Gasteiger partial charge in [0.15, 0.2) is 6.29 Å². The van der Waals surface area contributed by atoms with Crippen LogP contribution in [0.15, 0.2) is 16.6 Å². The van der Waals surface area contributed by atoms with E-state index in [-0.39, 0.29) is 18.0 Å². The highest BCUT2D eigenvalue weighted by molar-refractivity contribution is 9.10. The third-order valence-electron chi connectivity index (χ3n) is 2.13. The molecule has 0 aliphatic carbocycles. The van der Waals surface area contributed by atoms with Gasteiger partial charge in [0.05, 0.1) is 18.6 Å². The number of hydrogen-bond donors (Lipinski definition) is 0. The molecule has 0 aliphatic heterocycles. The highest BCUT2D eigenvalue weighted by Crippen LogP contribution is 2.24. The first-order chi connectivity index (χ1) is 8.13. The molecule has 1 aromatic rings. The molecule has 0 saturated heterocycles. The minimum atomic E-state index is -0.365. The van der Waals surface area contributed by atoms with Gasteiger partial charge in [-0.25, -0.2) is 0 Å². The van der Waals surface area contributed by atoms with Gasteiger partial charge in [-0.05, 0) is 34.5 Å². The van der Waals surface area contributed by atoms with E-state index in [1.807, 2.05) is 6.07 Å². The summed E-state index contributed by atoms with van der Waals surface area (Å²) in [6, 6.07) is 5.08. The van der Waals surface area contributed by atoms with E-state index in [1.54, 1.807) is 13.0 Å². The number of nitriles is 1. The van der Waals surface area contributed by atoms with Gasteiger partial charge >= 0.3 is 5.97 Å². The van der Waals surface area contributed by atoms with E-state index in [9.17, 15) is 9.59 Å². The molecule has 1 rings (SSSR count). The zero-order chi connectivity index (χ0) is 12.8. The van der Waals surface area contributed by atoms with Crippen LogP contribution in [0, 0.1) is 11.3 Å². The third kappa shape index (κ3) is 3.14. The first kappa shape index (κ1) is 13.4. The summed E-state index contributed by atoms with van der Waals surface area (Å²) in [5.41, 5.74) is 1.17. The molecule has 0 aliphatic rings. The number of carbonyl (C=O) groups excluding carboxylic acids is 2. The van der Waals surface area contributed by atoms with Crippen molar-refractivity contribution in [1.82, 2.24) is 0 Å². The number of nitrogens with zero attached hydrogens (tertiary/aromatic N) is 1. The van der Waals surface area contributed by atoms with Gasteiger partial charge in [-0.15, -0.1) is 0 Å². The topological polar surface area (TPSA) is 67.2 Å². The fraction of sp³-hybridized carbons (Fsp3) is 0.250. The van der Waals surface area contributed by atoms with Crippen LogP contribution < -0.4 is 0 Å². The number of halogens is 1. The molecule has 0 saturated carbocycles. The molecule has 17 heavy (non-hydrogen) atoms. The summed E-state index contributed by atoms with van der Waals surface area (Å²) in [6.07, 6.45) is 0.680. The Morgan fingerprint density at radius 2 is 2.29 bits per heavy atom. The Kier molecular flexibility index (Phi) is 4.85. The predicted molar refractivity (Wildman–Crippen MR) is 64.6 cm³/mol. The molecular formula is C12H10BrNO3. The van der Waals surface area contributed by atoms with Crippen LogP contribution in [0.3, 0.4) is 0 Å². The summed E-state index contributed by atoms with van der Waals surface area (Å²) in [4.78, 5) is 22.0. The Hall–Kier alpha value is -1.67. The van der Waals surface area contributed by atoms with Crippen molar-refractivity contribution in [3.05, 3.63) is 33.3 Å². The Bertz CT molecular complexity index is 491. The fourth-order valence-corrected chi connectivity index (χ4v) is 1.94. The van der Waals surface area contributed by atoms with Gasteiger partial charge in [-0.2, -0.15) is 5.26 Å². The summed E-state index contributed by atoms with van der Waals surface area (Å²) in [7, 11) is 0. The van der Waals surface area contributed by atoms with Crippen molar-refractivity contribution in [2.24, 2.45) is 0 Å². The maximum atomic E-state index is 11.3. The lowest BCUT2D eigenvalue weighted by Gasteiger charge is -2.07. The van der Waals surface area contributed by atoms with Crippen molar-refractivity contribution >= 4 is 28.2 Å². The molecular weight excluding hydrogens is 286 g/mol. The van der Waals surface area contributed by atoms with E-state index < -0.39 is 0 Å². The molecule has 0 unspecified atom stereocenters. The van der Waals surface area contributed by atoms with Crippen molar-refractivity contribution in [2.45, 2.75) is 13.3 Å². The SMILES string of the molecule is CCOC(=O)Cc1ccc(C=O)c(C#N)c1Br. The van der Waals surface area contributed by atoms with E-state index in [0.717, 1.165) is 0 Å². The molecule has 0 fully saturated rings. The number of benzene rings is 1. The van der Waals surface area contributed by atoms with Gasteiger partial charge in [0.25, 0.3) is 0 Å². The average Bonchev–Trinajstić information content (AvgIpc) is 2.31. The number of esters is 1. The van der Waals surface area contributed by atoms with Gasteiger partial charge in [-0.3, -0.25) is 9.59 Å². The normalized spacial score (nSPS) is 9.47. The summed E-state index contributed by atoms with van der Waals surface area (Å²) < 4.78 is 5.29. The van der Waals surface area contributed by atoms with Gasteiger partial charge in [0.1, 0.15) is 6.07 Å². The number of rotatable bonds is 4. The summed E-state index contributed by atoms with van der Waals surface area (Å²) in [6.45, 7) is 2.04. The molecule has 5 heteroatoms. The molecule has 0 bridgehead atoms. The largest absolute Gasteiger partial charge is 0.466 e. The summed E-state index contributed by atoms with van der Waals surface area (Å²) in [5, 5.41) is 8.94. The smallest absolute Gasteiger partial charge is 0.310 e. The summed E-state index contributed by atoms with van der Waals surface area (Å²) in [5.74, 6) is -0.365. The number of aldehydes is 1. The van der Waals surface area contributed by atoms with Crippen LogP contribution in [-0.2, 0) is 16.0 Å². The Labute approximate surface area is 107 Å². The van der Waals surface area contributed by atoms with Gasteiger partial charge in [0, 0.05) is 10.0 Å². The van der Waals surface area contributed by atoms with Crippen molar-refractivity contribution in [3.63, 3.8) is 0 Å². The molecule has 0 N–H and O–H groups in total. The lowest BCUT2D eigenvalue weighted by molar-refractivity contribution is -0.142. The summed E-state index contributed by atoms with van der Waals surface area (Å²) >= 11 is 3.22. The first-order valence-corrected chi connectivity index (χ1v) is 5.75. The maximum Gasteiger partial charge on any atom is 0.310 e. The van der Waals surface area contributed by atoms with E-state index >= 15 is 0 Å². The fourth-order valence-electron chi connectivity index (χ4n) is 1.35. The van der Waals surface area contributed by atoms with Crippen molar-refractivity contribution < 1.29 is 14.3 Å². The van der Waals surface area contributed by atoms with E-state index in [1.165, 1.54) is 6.07 Å². The highest BCUT2D eigenvalue weighted by atomic mass is 79.9. The molecule has 0 heterocycles. The lowest BCUT2D eigenvalue weighted by Crippen LogP contribution is -2.08. The average molecular weight is 296 g/mol. The number of carbonyl (C=O) groups is 2. The van der Waals surface area contributed by atoms with Gasteiger partial charge in [0.2, 0.25) is 0 Å². The molecule has 0 aromatic heterocycles. The molecule has 4 nitrogen and oxygen atoms in total. The second-order valence-electron chi connectivity index (χ2n) is 3.21. The quantitative estimate of drug-likeness (QED) is 0.631. The van der Waals surface area contributed by atoms with Gasteiger partial charge in [-0.1, -0.05) is 6.07 Å². The zero-order valence-corrected chi connectivity index (χ0v) is 10.8. The third-order valence-corrected chi connectivity index (χ3v) is 3.04. The first-order valence-electron chi connectivity index (χ1n) is 4.96. The second kappa shape index (κ2) is 6.16. The van der Waals surface area contributed by atoms with E-state index in [2.05, 4.69) is 15.9 Å². The Morgan fingerprint density at radius 1 is 1.59 bits per heavy atom. The van der Waals surface area contributed by atoms with E-state index in [4.69, 9.17) is 10.00 Å². The van der Waals surface area contributed by atoms with E-state index in [0.29, 0.717) is 28.5 Å². The lowest BCUT2D eigenvalue weighted by atomic mass is 10.0. The number of ether oxygens (including phenoxy) is 1. The van der Waals surface area contributed by atoms with Crippen LogP contribution in [0.2, 0.25) is 0 Å². The molecule has 88 valence electrons. The molecule has 0 amide bonds. The van der Waals surface area contributed by atoms with Gasteiger partial charge < -0.3 is 4.74 Å². The van der Waals surface area contributed by atoms with Crippen molar-refractivity contribution in [1.29, 1.82) is 5.26 Å². The Morgan fingerprint density at radius 3 is 2.82 bits per heavy atom. The van der Waals surface area contributed by atoms with Crippen LogP contribution in [0.4, 0.5) is 0 Å².